The minimum Gasteiger partial charge on any atom is -0.388 e. The Morgan fingerprint density at radius 2 is 1.73 bits per heavy atom. The number of aliphatic hydroxyl groups is 1. The van der Waals surface area contributed by atoms with Gasteiger partial charge in [-0.15, -0.1) is 0 Å². The number of aliphatic hydroxyl groups excluding tert-OH is 1. The summed E-state index contributed by atoms with van der Waals surface area (Å²) >= 11 is 0. The highest BCUT2D eigenvalue weighted by Gasteiger charge is 2.48. The highest BCUT2D eigenvalue weighted by atomic mass is 16.3. The SMILES string of the molecule is Cn1cc(CNCC2(C(O)c3ccccc3)CC2)c(-c2ccccc2)n1. The van der Waals surface area contributed by atoms with Crippen molar-refractivity contribution in [3.63, 3.8) is 0 Å². The van der Waals surface area contributed by atoms with E-state index in [0.717, 1.165) is 42.8 Å². The van der Waals surface area contributed by atoms with Crippen LogP contribution in [0.2, 0.25) is 0 Å². The fourth-order valence-corrected chi connectivity index (χ4v) is 3.65. The van der Waals surface area contributed by atoms with Crippen LogP contribution >= 0.6 is 0 Å². The van der Waals surface area contributed by atoms with Crippen LogP contribution in [-0.2, 0) is 13.6 Å². The third-order valence-electron chi connectivity index (χ3n) is 5.33. The summed E-state index contributed by atoms with van der Waals surface area (Å²) < 4.78 is 1.87. The van der Waals surface area contributed by atoms with E-state index in [9.17, 15) is 5.11 Å². The molecule has 4 nitrogen and oxygen atoms in total. The summed E-state index contributed by atoms with van der Waals surface area (Å²) in [5.74, 6) is 0. The second kappa shape index (κ2) is 7.06. The zero-order chi connectivity index (χ0) is 18.0. The number of nitrogens with one attached hydrogen (secondary N) is 1. The van der Waals surface area contributed by atoms with E-state index in [4.69, 9.17) is 0 Å². The Labute approximate surface area is 154 Å². The first kappa shape index (κ1) is 17.0. The molecule has 1 aromatic heterocycles. The highest BCUT2D eigenvalue weighted by Crippen LogP contribution is 2.54. The Morgan fingerprint density at radius 3 is 2.38 bits per heavy atom. The van der Waals surface area contributed by atoms with Gasteiger partial charge in [0.25, 0.3) is 0 Å². The molecular weight excluding hydrogens is 322 g/mol. The maximum Gasteiger partial charge on any atom is 0.0967 e. The molecule has 4 rings (SSSR count). The van der Waals surface area contributed by atoms with Crippen molar-refractivity contribution in [3.8, 4) is 11.3 Å². The lowest BCUT2D eigenvalue weighted by atomic mass is 9.92. The van der Waals surface area contributed by atoms with Gasteiger partial charge in [0.15, 0.2) is 0 Å². The number of hydrogen-bond acceptors (Lipinski definition) is 3. The molecule has 0 amide bonds. The van der Waals surface area contributed by atoms with Crippen LogP contribution in [-0.4, -0.2) is 21.4 Å². The predicted octanol–water partition coefficient (Wildman–Crippen LogP) is 3.69. The van der Waals surface area contributed by atoms with E-state index in [2.05, 4.69) is 28.7 Å². The quantitative estimate of drug-likeness (QED) is 0.685. The predicted molar refractivity (Wildman–Crippen MR) is 103 cm³/mol. The molecule has 1 aliphatic carbocycles. The average Bonchev–Trinajstić information content (AvgIpc) is 3.38. The van der Waals surface area contributed by atoms with Crippen molar-refractivity contribution < 1.29 is 5.11 Å². The third-order valence-corrected chi connectivity index (χ3v) is 5.33. The van der Waals surface area contributed by atoms with Gasteiger partial charge in [0.2, 0.25) is 0 Å². The molecule has 4 heteroatoms. The number of aryl methyl sites for hydroxylation is 1. The minimum absolute atomic E-state index is 0.0313. The molecule has 0 bridgehead atoms. The summed E-state index contributed by atoms with van der Waals surface area (Å²) in [4.78, 5) is 0. The Morgan fingerprint density at radius 1 is 1.08 bits per heavy atom. The largest absolute Gasteiger partial charge is 0.388 e. The summed E-state index contributed by atoms with van der Waals surface area (Å²) in [6, 6.07) is 20.3. The molecule has 134 valence electrons. The van der Waals surface area contributed by atoms with Crippen LogP contribution < -0.4 is 5.32 Å². The molecule has 1 unspecified atom stereocenters. The van der Waals surface area contributed by atoms with Gasteiger partial charge >= 0.3 is 0 Å². The Bertz CT molecular complexity index is 854. The summed E-state index contributed by atoms with van der Waals surface area (Å²) in [6.45, 7) is 1.56. The van der Waals surface area contributed by atoms with Crippen molar-refractivity contribution in [1.29, 1.82) is 0 Å². The number of hydrogen-bond donors (Lipinski definition) is 2. The molecule has 26 heavy (non-hydrogen) atoms. The highest BCUT2D eigenvalue weighted by molar-refractivity contribution is 5.62. The van der Waals surface area contributed by atoms with Crippen molar-refractivity contribution in [1.82, 2.24) is 15.1 Å². The van der Waals surface area contributed by atoms with Gasteiger partial charge < -0.3 is 10.4 Å². The summed E-state index contributed by atoms with van der Waals surface area (Å²) in [7, 11) is 1.96. The monoisotopic (exact) mass is 347 g/mol. The Hall–Kier alpha value is -2.43. The van der Waals surface area contributed by atoms with Crippen molar-refractivity contribution in [3.05, 3.63) is 78.0 Å². The lowest BCUT2D eigenvalue weighted by molar-refractivity contribution is 0.0917. The normalized spacial score (nSPS) is 16.4. The van der Waals surface area contributed by atoms with Crippen LogP contribution in [0, 0.1) is 5.41 Å². The van der Waals surface area contributed by atoms with Gasteiger partial charge in [-0.1, -0.05) is 60.7 Å². The summed E-state index contributed by atoms with van der Waals surface area (Å²) in [5, 5.41) is 19.0. The first-order chi connectivity index (χ1) is 12.7. The summed E-state index contributed by atoms with van der Waals surface area (Å²) in [6.07, 6.45) is 3.80. The van der Waals surface area contributed by atoms with Gasteiger partial charge in [0.05, 0.1) is 11.8 Å². The number of nitrogens with zero attached hydrogens (tertiary/aromatic N) is 2. The Kier molecular flexibility index (Phi) is 4.62. The molecule has 2 aromatic carbocycles. The van der Waals surface area contributed by atoms with Crippen LogP contribution in [0.25, 0.3) is 11.3 Å². The topological polar surface area (TPSA) is 50.1 Å². The van der Waals surface area contributed by atoms with Crippen molar-refractivity contribution in [2.45, 2.75) is 25.5 Å². The first-order valence-corrected chi connectivity index (χ1v) is 9.20. The second-order valence-corrected chi connectivity index (χ2v) is 7.32. The van der Waals surface area contributed by atoms with Gasteiger partial charge in [0, 0.05) is 42.9 Å². The molecular formula is C22H25N3O. The molecule has 2 N–H and O–H groups in total. The van der Waals surface area contributed by atoms with E-state index in [-0.39, 0.29) is 5.41 Å². The van der Waals surface area contributed by atoms with Gasteiger partial charge in [-0.05, 0) is 18.4 Å². The molecule has 0 radical (unpaired) electrons. The van der Waals surface area contributed by atoms with Crippen LogP contribution in [0.4, 0.5) is 0 Å². The van der Waals surface area contributed by atoms with E-state index in [0.29, 0.717) is 0 Å². The van der Waals surface area contributed by atoms with Crippen LogP contribution in [0.3, 0.4) is 0 Å². The second-order valence-electron chi connectivity index (χ2n) is 7.32. The molecule has 1 saturated carbocycles. The standard InChI is InChI=1S/C22H25N3O/c1-25-15-19(20(24-25)17-8-4-2-5-9-17)14-23-16-22(12-13-22)21(26)18-10-6-3-7-11-18/h2-11,15,21,23,26H,12-14,16H2,1H3. The van der Waals surface area contributed by atoms with Crippen LogP contribution in [0.5, 0.6) is 0 Å². The molecule has 3 aromatic rings. The molecule has 1 fully saturated rings. The molecule has 0 saturated heterocycles. The molecule has 1 aliphatic rings. The number of benzene rings is 2. The molecule has 1 heterocycles. The fraction of sp³-hybridized carbons (Fsp3) is 0.318. The molecule has 0 aliphatic heterocycles. The maximum absolute atomic E-state index is 10.8. The van der Waals surface area contributed by atoms with E-state index < -0.39 is 6.10 Å². The number of rotatable bonds is 7. The molecule has 0 spiro atoms. The smallest absolute Gasteiger partial charge is 0.0967 e. The maximum atomic E-state index is 10.8. The first-order valence-electron chi connectivity index (χ1n) is 9.20. The van der Waals surface area contributed by atoms with Gasteiger partial charge in [-0.3, -0.25) is 4.68 Å². The van der Waals surface area contributed by atoms with E-state index in [1.54, 1.807) is 0 Å². The van der Waals surface area contributed by atoms with Crippen molar-refractivity contribution in [2.75, 3.05) is 6.54 Å². The zero-order valence-corrected chi connectivity index (χ0v) is 15.1. The van der Waals surface area contributed by atoms with Crippen molar-refractivity contribution >= 4 is 0 Å². The zero-order valence-electron chi connectivity index (χ0n) is 15.1. The Balaban J connectivity index is 1.43. The van der Waals surface area contributed by atoms with Gasteiger partial charge in [-0.2, -0.15) is 5.10 Å². The van der Waals surface area contributed by atoms with Crippen LogP contribution in [0.1, 0.15) is 30.1 Å². The van der Waals surface area contributed by atoms with Gasteiger partial charge in [-0.25, -0.2) is 0 Å². The lowest BCUT2D eigenvalue weighted by Crippen LogP contribution is -2.28. The average molecular weight is 347 g/mol. The minimum atomic E-state index is -0.404. The van der Waals surface area contributed by atoms with Crippen LogP contribution in [0.15, 0.2) is 66.9 Å². The van der Waals surface area contributed by atoms with Gasteiger partial charge in [0.1, 0.15) is 0 Å². The summed E-state index contributed by atoms with van der Waals surface area (Å²) in [5.41, 5.74) is 4.32. The number of aromatic nitrogens is 2. The lowest BCUT2D eigenvalue weighted by Gasteiger charge is -2.23. The molecule has 1 atom stereocenters. The van der Waals surface area contributed by atoms with E-state index >= 15 is 0 Å². The van der Waals surface area contributed by atoms with E-state index in [1.807, 2.05) is 60.3 Å². The van der Waals surface area contributed by atoms with E-state index in [1.165, 1.54) is 5.56 Å². The van der Waals surface area contributed by atoms with Crippen molar-refractivity contribution in [2.24, 2.45) is 12.5 Å². The fourth-order valence-electron chi connectivity index (χ4n) is 3.65. The third kappa shape index (κ3) is 3.43.